The minimum absolute atomic E-state index is 0.0616. The molecular formula is C17H18N2O4S. The van der Waals surface area contributed by atoms with Gasteiger partial charge in [0.15, 0.2) is 6.10 Å². The normalized spacial score (nSPS) is 16.9. The molecule has 0 spiro atoms. The van der Waals surface area contributed by atoms with Crippen LogP contribution in [-0.2, 0) is 14.8 Å². The lowest BCUT2D eigenvalue weighted by Gasteiger charge is -2.34. The highest BCUT2D eigenvalue weighted by Gasteiger charge is 2.35. The van der Waals surface area contributed by atoms with E-state index in [4.69, 9.17) is 4.74 Å². The van der Waals surface area contributed by atoms with Crippen LogP contribution in [-0.4, -0.2) is 33.2 Å². The van der Waals surface area contributed by atoms with Gasteiger partial charge in [-0.15, -0.1) is 0 Å². The third-order valence-electron chi connectivity index (χ3n) is 3.72. The van der Waals surface area contributed by atoms with E-state index in [2.05, 4.69) is 5.32 Å². The third-order valence-corrected chi connectivity index (χ3v) is 4.86. The second-order valence-corrected chi connectivity index (χ2v) is 7.63. The number of hydrogen-bond donors (Lipinski definition) is 1. The van der Waals surface area contributed by atoms with Gasteiger partial charge in [0.05, 0.1) is 18.5 Å². The summed E-state index contributed by atoms with van der Waals surface area (Å²) in [4.78, 5) is 12.5. The summed E-state index contributed by atoms with van der Waals surface area (Å²) in [5, 5.41) is 2.74. The first-order valence-corrected chi connectivity index (χ1v) is 9.30. The topological polar surface area (TPSA) is 75.7 Å². The minimum Gasteiger partial charge on any atom is -0.476 e. The predicted molar refractivity (Wildman–Crippen MR) is 92.9 cm³/mol. The van der Waals surface area contributed by atoms with Gasteiger partial charge in [-0.2, -0.15) is 0 Å². The second kappa shape index (κ2) is 6.16. The summed E-state index contributed by atoms with van der Waals surface area (Å²) in [5.41, 5.74) is 2.01. The van der Waals surface area contributed by atoms with Gasteiger partial charge in [-0.1, -0.05) is 24.3 Å². The molecule has 0 radical (unpaired) electrons. The molecule has 0 fully saturated rings. The van der Waals surface area contributed by atoms with Crippen molar-refractivity contribution in [3.8, 4) is 5.75 Å². The van der Waals surface area contributed by atoms with E-state index in [1.54, 1.807) is 36.4 Å². The van der Waals surface area contributed by atoms with Crippen molar-refractivity contribution in [1.29, 1.82) is 0 Å². The van der Waals surface area contributed by atoms with E-state index in [0.717, 1.165) is 11.8 Å². The number of fused-ring (bicyclic) bond motifs is 1. The standard InChI is InChI=1S/C17H18N2O4S/c1-12-8-9-15-14(10-12)19(24(2,21)22)11-16(23-15)17(20)18-13-6-4-3-5-7-13/h3-10,16H,11H2,1-2H3,(H,18,20)/t16-/m0/s1. The van der Waals surface area contributed by atoms with Gasteiger partial charge in [-0.25, -0.2) is 8.42 Å². The van der Waals surface area contributed by atoms with Gasteiger partial charge >= 0.3 is 0 Å². The van der Waals surface area contributed by atoms with Crippen molar-refractivity contribution in [3.05, 3.63) is 54.1 Å². The Hall–Kier alpha value is -2.54. The molecule has 1 amide bonds. The van der Waals surface area contributed by atoms with Crippen LogP contribution >= 0.6 is 0 Å². The molecule has 0 saturated carbocycles. The van der Waals surface area contributed by atoms with Crippen LogP contribution in [0.3, 0.4) is 0 Å². The van der Waals surface area contributed by atoms with E-state index >= 15 is 0 Å². The van der Waals surface area contributed by atoms with Crippen molar-refractivity contribution in [2.45, 2.75) is 13.0 Å². The quantitative estimate of drug-likeness (QED) is 0.924. The summed E-state index contributed by atoms with van der Waals surface area (Å²) in [5.74, 6) is -0.00781. The minimum atomic E-state index is -3.52. The number of ether oxygens (including phenoxy) is 1. The highest BCUT2D eigenvalue weighted by molar-refractivity contribution is 7.92. The van der Waals surface area contributed by atoms with Crippen LogP contribution in [0.4, 0.5) is 11.4 Å². The molecule has 1 N–H and O–H groups in total. The van der Waals surface area contributed by atoms with Crippen molar-refractivity contribution >= 4 is 27.3 Å². The highest BCUT2D eigenvalue weighted by Crippen LogP contribution is 2.35. The first-order valence-electron chi connectivity index (χ1n) is 7.45. The number of carbonyl (C=O) groups is 1. The molecule has 2 aromatic rings. The van der Waals surface area contributed by atoms with Crippen LogP contribution in [0.25, 0.3) is 0 Å². The van der Waals surface area contributed by atoms with Crippen LogP contribution in [0.5, 0.6) is 5.75 Å². The molecule has 1 aliphatic heterocycles. The highest BCUT2D eigenvalue weighted by atomic mass is 32.2. The number of hydrogen-bond acceptors (Lipinski definition) is 4. The van der Waals surface area contributed by atoms with E-state index in [0.29, 0.717) is 17.1 Å². The molecule has 0 saturated heterocycles. The summed E-state index contributed by atoms with van der Waals surface area (Å²) in [6.45, 7) is 1.81. The Morgan fingerprint density at radius 1 is 1.21 bits per heavy atom. The largest absolute Gasteiger partial charge is 0.476 e. The van der Waals surface area contributed by atoms with Crippen molar-refractivity contribution in [2.75, 3.05) is 22.4 Å². The molecule has 0 unspecified atom stereocenters. The van der Waals surface area contributed by atoms with E-state index in [-0.39, 0.29) is 12.5 Å². The maximum absolute atomic E-state index is 12.5. The lowest BCUT2D eigenvalue weighted by atomic mass is 10.1. The number of aryl methyl sites for hydroxylation is 1. The predicted octanol–water partition coefficient (Wildman–Crippen LogP) is 2.16. The van der Waals surface area contributed by atoms with Crippen molar-refractivity contribution in [3.63, 3.8) is 0 Å². The lowest BCUT2D eigenvalue weighted by Crippen LogP contribution is -2.48. The van der Waals surface area contributed by atoms with Gasteiger partial charge in [-0.3, -0.25) is 9.10 Å². The average Bonchev–Trinajstić information content (AvgIpc) is 2.53. The number of benzene rings is 2. The van der Waals surface area contributed by atoms with Gasteiger partial charge in [0, 0.05) is 5.69 Å². The van der Waals surface area contributed by atoms with Crippen LogP contribution < -0.4 is 14.4 Å². The number of sulfonamides is 1. The number of rotatable bonds is 3. The Morgan fingerprint density at radius 3 is 2.58 bits per heavy atom. The molecule has 6 nitrogen and oxygen atoms in total. The van der Waals surface area contributed by atoms with E-state index < -0.39 is 16.1 Å². The van der Waals surface area contributed by atoms with Crippen molar-refractivity contribution < 1.29 is 17.9 Å². The van der Waals surface area contributed by atoms with Gasteiger partial charge in [0.2, 0.25) is 10.0 Å². The number of anilines is 2. The van der Waals surface area contributed by atoms with Gasteiger partial charge in [0.25, 0.3) is 5.91 Å². The molecule has 126 valence electrons. The monoisotopic (exact) mass is 346 g/mol. The van der Waals surface area contributed by atoms with Crippen molar-refractivity contribution in [1.82, 2.24) is 0 Å². The first kappa shape index (κ1) is 16.3. The van der Waals surface area contributed by atoms with Crippen molar-refractivity contribution in [2.24, 2.45) is 0 Å². The number of carbonyl (C=O) groups excluding carboxylic acids is 1. The number of nitrogens with one attached hydrogen (secondary N) is 1. The smallest absolute Gasteiger partial charge is 0.267 e. The maximum atomic E-state index is 12.5. The molecule has 2 aromatic carbocycles. The molecule has 24 heavy (non-hydrogen) atoms. The molecule has 0 aromatic heterocycles. The van der Waals surface area contributed by atoms with Crippen LogP contribution in [0.1, 0.15) is 5.56 Å². The van der Waals surface area contributed by atoms with E-state index in [1.165, 1.54) is 4.31 Å². The third kappa shape index (κ3) is 3.35. The molecule has 1 aliphatic rings. The van der Waals surface area contributed by atoms with E-state index in [1.807, 2.05) is 19.1 Å². The molecule has 0 bridgehead atoms. The Bertz CT molecular complexity index is 865. The summed E-state index contributed by atoms with van der Waals surface area (Å²) in [6.07, 6.45) is 0.200. The van der Waals surface area contributed by atoms with Gasteiger partial charge < -0.3 is 10.1 Å². The fourth-order valence-corrected chi connectivity index (χ4v) is 3.46. The number of nitrogens with zero attached hydrogens (tertiary/aromatic N) is 1. The summed E-state index contributed by atoms with van der Waals surface area (Å²) >= 11 is 0. The molecule has 1 heterocycles. The van der Waals surface area contributed by atoms with Gasteiger partial charge in [-0.05, 0) is 36.8 Å². The summed E-state index contributed by atoms with van der Waals surface area (Å²) in [6, 6.07) is 14.2. The molecular weight excluding hydrogens is 328 g/mol. The summed E-state index contributed by atoms with van der Waals surface area (Å²) < 4.78 is 31.2. The fraction of sp³-hybridized carbons (Fsp3) is 0.235. The number of para-hydroxylation sites is 1. The zero-order valence-corrected chi connectivity index (χ0v) is 14.2. The Kier molecular flexibility index (Phi) is 4.19. The molecule has 0 aliphatic carbocycles. The Labute approximate surface area is 141 Å². The van der Waals surface area contributed by atoms with Gasteiger partial charge in [0.1, 0.15) is 5.75 Å². The van der Waals surface area contributed by atoms with Crippen LogP contribution in [0.2, 0.25) is 0 Å². The van der Waals surface area contributed by atoms with Crippen LogP contribution in [0, 0.1) is 6.92 Å². The molecule has 1 atom stereocenters. The lowest BCUT2D eigenvalue weighted by molar-refractivity contribution is -0.122. The summed E-state index contributed by atoms with van der Waals surface area (Å²) in [7, 11) is -3.52. The number of amides is 1. The zero-order chi connectivity index (χ0) is 17.3. The fourth-order valence-electron chi connectivity index (χ4n) is 2.56. The van der Waals surface area contributed by atoms with Crippen LogP contribution in [0.15, 0.2) is 48.5 Å². The first-order chi connectivity index (χ1) is 11.3. The maximum Gasteiger partial charge on any atom is 0.267 e. The molecule has 7 heteroatoms. The Morgan fingerprint density at radius 2 is 1.92 bits per heavy atom. The SMILES string of the molecule is Cc1ccc2c(c1)N(S(C)(=O)=O)C[C@@H](C(=O)Nc1ccccc1)O2. The Balaban J connectivity index is 1.89. The van der Waals surface area contributed by atoms with E-state index in [9.17, 15) is 13.2 Å². The second-order valence-electron chi connectivity index (χ2n) is 5.73. The molecule has 3 rings (SSSR count). The average molecular weight is 346 g/mol. The zero-order valence-electron chi connectivity index (χ0n) is 13.4.